The molecule has 0 fully saturated rings. The van der Waals surface area contributed by atoms with Gasteiger partial charge in [0.05, 0.1) is 11.0 Å². The van der Waals surface area contributed by atoms with Gasteiger partial charge in [0.2, 0.25) is 0 Å². The zero-order valence-electron chi connectivity index (χ0n) is 9.74. The molecule has 0 aliphatic heterocycles. The van der Waals surface area contributed by atoms with E-state index in [9.17, 15) is 9.59 Å². The van der Waals surface area contributed by atoms with Gasteiger partial charge < -0.3 is 9.97 Å². The maximum Gasteiger partial charge on any atom is 0.323 e. The molecule has 4 nitrogen and oxygen atoms in total. The monoisotopic (exact) mass is 316 g/mol. The molecule has 0 bridgehead atoms. The number of imidazole rings is 1. The van der Waals surface area contributed by atoms with E-state index >= 15 is 0 Å². The molecular weight excluding hydrogens is 308 g/mol. The average molecular weight is 317 g/mol. The zero-order chi connectivity index (χ0) is 13.4. The molecule has 2 N–H and O–H groups in total. The van der Waals surface area contributed by atoms with E-state index in [2.05, 4.69) is 25.9 Å². The van der Waals surface area contributed by atoms with Gasteiger partial charge in [-0.15, -0.1) is 0 Å². The van der Waals surface area contributed by atoms with Crippen LogP contribution in [0.25, 0.3) is 11.0 Å². The number of nitrogens with one attached hydrogen (secondary N) is 2. The van der Waals surface area contributed by atoms with Crippen LogP contribution in [0.5, 0.6) is 0 Å². The molecule has 0 saturated heterocycles. The highest BCUT2D eigenvalue weighted by molar-refractivity contribution is 9.10. The molecule has 5 heteroatoms. The number of rotatable bonds is 2. The van der Waals surface area contributed by atoms with Crippen molar-refractivity contribution in [3.8, 4) is 0 Å². The maximum atomic E-state index is 12.3. The largest absolute Gasteiger partial charge is 0.323 e. The highest BCUT2D eigenvalue weighted by Crippen LogP contribution is 2.17. The number of hydrogen-bond acceptors (Lipinski definition) is 2. The van der Waals surface area contributed by atoms with Crippen LogP contribution in [0.3, 0.4) is 0 Å². The van der Waals surface area contributed by atoms with Crippen LogP contribution in [0.2, 0.25) is 0 Å². The Morgan fingerprint density at radius 1 is 0.947 bits per heavy atom. The maximum absolute atomic E-state index is 12.3. The Morgan fingerprint density at radius 2 is 1.68 bits per heavy atom. The van der Waals surface area contributed by atoms with Crippen LogP contribution >= 0.6 is 15.9 Å². The second-order valence-corrected chi connectivity index (χ2v) is 5.09. The minimum absolute atomic E-state index is 0.0785. The predicted octanol–water partition coefficient (Wildman–Crippen LogP) is 2.85. The first kappa shape index (κ1) is 11.9. The highest BCUT2D eigenvalue weighted by atomic mass is 79.9. The summed E-state index contributed by atoms with van der Waals surface area (Å²) in [7, 11) is 0. The Bertz CT molecular complexity index is 833. The molecule has 3 rings (SSSR count). The number of carbonyl (C=O) groups excluding carboxylic acids is 1. The molecule has 1 aromatic heterocycles. The Balaban J connectivity index is 2.08. The Kier molecular flexibility index (Phi) is 2.83. The minimum Gasteiger partial charge on any atom is -0.306 e. The molecular formula is C14H9BrN2O2. The molecule has 19 heavy (non-hydrogen) atoms. The van der Waals surface area contributed by atoms with Crippen molar-refractivity contribution in [1.82, 2.24) is 9.97 Å². The Labute approximate surface area is 116 Å². The predicted molar refractivity (Wildman–Crippen MR) is 76.5 cm³/mol. The van der Waals surface area contributed by atoms with E-state index in [1.807, 2.05) is 12.1 Å². The van der Waals surface area contributed by atoms with Crippen LogP contribution < -0.4 is 5.69 Å². The van der Waals surface area contributed by atoms with Gasteiger partial charge in [-0.3, -0.25) is 4.79 Å². The molecule has 0 spiro atoms. The molecule has 0 saturated carbocycles. The summed E-state index contributed by atoms with van der Waals surface area (Å²) >= 11 is 3.34. The standard InChI is InChI=1S/C14H9BrN2O2/c15-10-3-1-2-8(6-10)13(18)9-4-5-11-12(7-9)17-14(19)16-11/h1-7H,(H2,16,17,19). The summed E-state index contributed by atoms with van der Waals surface area (Å²) in [6, 6.07) is 12.3. The number of aromatic nitrogens is 2. The van der Waals surface area contributed by atoms with Crippen molar-refractivity contribution in [2.24, 2.45) is 0 Å². The summed E-state index contributed by atoms with van der Waals surface area (Å²) in [6.07, 6.45) is 0. The first-order valence-corrected chi connectivity index (χ1v) is 6.45. The van der Waals surface area contributed by atoms with E-state index in [4.69, 9.17) is 0 Å². The molecule has 1 heterocycles. The lowest BCUT2D eigenvalue weighted by molar-refractivity contribution is 0.103. The second-order valence-electron chi connectivity index (χ2n) is 4.18. The number of ketones is 1. The lowest BCUT2D eigenvalue weighted by Gasteiger charge is -2.02. The van der Waals surface area contributed by atoms with Crippen molar-refractivity contribution in [3.05, 3.63) is 68.5 Å². The third-order valence-electron chi connectivity index (χ3n) is 2.86. The molecule has 0 aliphatic carbocycles. The smallest absolute Gasteiger partial charge is 0.306 e. The van der Waals surface area contributed by atoms with Crippen molar-refractivity contribution in [2.45, 2.75) is 0 Å². The minimum atomic E-state index is -0.276. The van der Waals surface area contributed by atoms with Gasteiger partial charge in [0.15, 0.2) is 5.78 Å². The fourth-order valence-corrected chi connectivity index (χ4v) is 2.37. The molecule has 2 aromatic carbocycles. The molecule has 0 radical (unpaired) electrons. The van der Waals surface area contributed by atoms with Crippen LogP contribution in [0.4, 0.5) is 0 Å². The summed E-state index contributed by atoms with van der Waals surface area (Å²) in [6.45, 7) is 0. The third-order valence-corrected chi connectivity index (χ3v) is 3.36. The Hall–Kier alpha value is -2.14. The van der Waals surface area contributed by atoms with Crippen molar-refractivity contribution >= 4 is 32.7 Å². The summed E-state index contributed by atoms with van der Waals surface area (Å²) in [5.74, 6) is -0.0785. The van der Waals surface area contributed by atoms with E-state index in [0.717, 1.165) is 4.47 Å². The van der Waals surface area contributed by atoms with Gasteiger partial charge in [0, 0.05) is 15.6 Å². The molecule has 0 atom stereocenters. The third kappa shape index (κ3) is 2.24. The molecule has 0 amide bonds. The van der Waals surface area contributed by atoms with Crippen molar-refractivity contribution < 1.29 is 4.79 Å². The number of H-pyrrole nitrogens is 2. The lowest BCUT2D eigenvalue weighted by atomic mass is 10.0. The molecule has 0 aliphatic rings. The summed E-state index contributed by atoms with van der Waals surface area (Å²) in [4.78, 5) is 28.8. The van der Waals surface area contributed by atoms with Gasteiger partial charge >= 0.3 is 5.69 Å². The number of aromatic amines is 2. The van der Waals surface area contributed by atoms with Crippen molar-refractivity contribution in [2.75, 3.05) is 0 Å². The van der Waals surface area contributed by atoms with Crippen molar-refractivity contribution in [1.29, 1.82) is 0 Å². The highest BCUT2D eigenvalue weighted by Gasteiger charge is 2.10. The lowest BCUT2D eigenvalue weighted by Crippen LogP contribution is -2.01. The second kappa shape index (κ2) is 4.51. The van der Waals surface area contributed by atoms with Gasteiger partial charge in [-0.05, 0) is 30.3 Å². The zero-order valence-corrected chi connectivity index (χ0v) is 11.3. The summed E-state index contributed by atoms with van der Waals surface area (Å²) in [5.41, 5.74) is 2.19. The van der Waals surface area contributed by atoms with E-state index < -0.39 is 0 Å². The number of fused-ring (bicyclic) bond motifs is 1. The fourth-order valence-electron chi connectivity index (χ4n) is 1.97. The molecule has 0 unspecified atom stereocenters. The van der Waals surface area contributed by atoms with E-state index in [-0.39, 0.29) is 11.5 Å². The van der Waals surface area contributed by atoms with Crippen LogP contribution in [0.15, 0.2) is 51.7 Å². The van der Waals surface area contributed by atoms with Crippen molar-refractivity contribution in [3.63, 3.8) is 0 Å². The Morgan fingerprint density at radius 3 is 2.47 bits per heavy atom. The molecule has 3 aromatic rings. The first-order chi connectivity index (χ1) is 9.13. The average Bonchev–Trinajstić information content (AvgIpc) is 2.76. The van der Waals surface area contributed by atoms with Crippen LogP contribution in [0, 0.1) is 0 Å². The van der Waals surface area contributed by atoms with E-state index in [1.54, 1.807) is 30.3 Å². The van der Waals surface area contributed by atoms with Gasteiger partial charge in [-0.25, -0.2) is 4.79 Å². The number of hydrogen-bond donors (Lipinski definition) is 2. The first-order valence-electron chi connectivity index (χ1n) is 5.66. The van der Waals surface area contributed by atoms with Gasteiger partial charge in [-0.2, -0.15) is 0 Å². The molecule has 94 valence electrons. The number of halogens is 1. The van der Waals surface area contributed by atoms with Gasteiger partial charge in [0.1, 0.15) is 0 Å². The van der Waals surface area contributed by atoms with Crippen LogP contribution in [-0.4, -0.2) is 15.8 Å². The fraction of sp³-hybridized carbons (Fsp3) is 0. The topological polar surface area (TPSA) is 65.7 Å². The summed E-state index contributed by atoms with van der Waals surface area (Å²) < 4.78 is 0.856. The van der Waals surface area contributed by atoms with Crippen LogP contribution in [0.1, 0.15) is 15.9 Å². The summed E-state index contributed by atoms with van der Waals surface area (Å²) in [5, 5.41) is 0. The SMILES string of the molecule is O=C(c1cccc(Br)c1)c1ccc2[nH]c(=O)[nH]c2c1. The van der Waals surface area contributed by atoms with Gasteiger partial charge in [0.25, 0.3) is 0 Å². The quantitative estimate of drug-likeness (QED) is 0.714. The van der Waals surface area contributed by atoms with E-state index in [1.165, 1.54) is 0 Å². The normalized spacial score (nSPS) is 10.8. The van der Waals surface area contributed by atoms with E-state index in [0.29, 0.717) is 22.2 Å². The number of benzene rings is 2. The van der Waals surface area contributed by atoms with Crippen LogP contribution in [-0.2, 0) is 0 Å². The van der Waals surface area contributed by atoms with Gasteiger partial charge in [-0.1, -0.05) is 28.1 Å². The number of carbonyl (C=O) groups is 1.